The maximum atomic E-state index is 13.0. The molecule has 0 unspecified atom stereocenters. The van der Waals surface area contributed by atoms with Crippen LogP contribution in [0.15, 0.2) is 35.8 Å². The number of fused-ring (bicyclic) bond motifs is 1. The number of hydrogen-bond donors (Lipinski definition) is 1. The lowest BCUT2D eigenvalue weighted by atomic mass is 10.1. The summed E-state index contributed by atoms with van der Waals surface area (Å²) in [5.74, 6) is 0.0341. The average molecular weight is 445 g/mol. The Labute approximate surface area is 181 Å². The minimum Gasteiger partial charge on any atom is -0.493 e. The van der Waals surface area contributed by atoms with Crippen LogP contribution in [0.5, 0.6) is 17.6 Å². The molecule has 1 aliphatic heterocycles. The van der Waals surface area contributed by atoms with Gasteiger partial charge >= 0.3 is 12.6 Å². The second-order valence-electron chi connectivity index (χ2n) is 7.10. The van der Waals surface area contributed by atoms with Gasteiger partial charge in [-0.3, -0.25) is 14.7 Å². The molecule has 10 nitrogen and oxygen atoms in total. The van der Waals surface area contributed by atoms with Crippen LogP contribution in [0.1, 0.15) is 24.6 Å². The Morgan fingerprint density at radius 3 is 2.91 bits per heavy atom. The van der Waals surface area contributed by atoms with Crippen LogP contribution in [0.25, 0.3) is 16.6 Å². The minimum absolute atomic E-state index is 0.0507. The summed E-state index contributed by atoms with van der Waals surface area (Å²) in [5, 5.41) is 15.0. The Morgan fingerprint density at radius 2 is 2.19 bits per heavy atom. The molecule has 0 atom stereocenters. The SMILES string of the molecule is C=N/C(=C\N(C)C(F)F)c1nccc2c(O)nc(Oc3cnn(C4CCOCC4)c3)nc12. The predicted molar refractivity (Wildman–Crippen MR) is 112 cm³/mol. The van der Waals surface area contributed by atoms with Crippen molar-refractivity contribution >= 4 is 23.3 Å². The summed E-state index contributed by atoms with van der Waals surface area (Å²) in [7, 11) is 1.19. The lowest BCUT2D eigenvalue weighted by Crippen LogP contribution is -2.19. The summed E-state index contributed by atoms with van der Waals surface area (Å²) in [4.78, 5) is 16.9. The van der Waals surface area contributed by atoms with Crippen LogP contribution in [0.4, 0.5) is 8.78 Å². The number of pyridine rings is 1. The molecule has 3 aromatic heterocycles. The lowest BCUT2D eigenvalue weighted by molar-refractivity contribution is 0.0230. The van der Waals surface area contributed by atoms with E-state index < -0.39 is 6.55 Å². The zero-order valence-electron chi connectivity index (χ0n) is 17.2. The molecule has 32 heavy (non-hydrogen) atoms. The van der Waals surface area contributed by atoms with E-state index >= 15 is 0 Å². The van der Waals surface area contributed by atoms with Crippen LogP contribution in [0, 0.1) is 0 Å². The first-order chi connectivity index (χ1) is 15.5. The van der Waals surface area contributed by atoms with Gasteiger partial charge in [0.1, 0.15) is 16.9 Å². The molecular formula is C20H21F2N7O3. The van der Waals surface area contributed by atoms with E-state index in [1.807, 2.05) is 0 Å². The molecular weight excluding hydrogens is 424 g/mol. The van der Waals surface area contributed by atoms with Gasteiger partial charge in [0.25, 0.3) is 0 Å². The molecule has 0 amide bonds. The fourth-order valence-corrected chi connectivity index (χ4v) is 3.31. The van der Waals surface area contributed by atoms with Gasteiger partial charge in [0.05, 0.1) is 23.8 Å². The van der Waals surface area contributed by atoms with Crippen LogP contribution in [-0.4, -0.2) is 68.3 Å². The van der Waals surface area contributed by atoms with E-state index in [1.54, 1.807) is 10.9 Å². The number of aromatic hydroxyl groups is 1. The Kier molecular flexibility index (Phi) is 6.21. The van der Waals surface area contributed by atoms with E-state index in [-0.39, 0.29) is 40.2 Å². The van der Waals surface area contributed by atoms with Crippen molar-refractivity contribution in [1.29, 1.82) is 0 Å². The molecule has 3 aromatic rings. The van der Waals surface area contributed by atoms with Crippen molar-refractivity contribution < 1.29 is 23.4 Å². The average Bonchev–Trinajstić information content (AvgIpc) is 3.26. The molecule has 0 aromatic carbocycles. The van der Waals surface area contributed by atoms with Crippen LogP contribution >= 0.6 is 0 Å². The molecule has 168 valence electrons. The highest BCUT2D eigenvalue weighted by molar-refractivity contribution is 5.92. The largest absolute Gasteiger partial charge is 0.493 e. The Hall–Kier alpha value is -3.67. The maximum absolute atomic E-state index is 13.0. The van der Waals surface area contributed by atoms with Gasteiger partial charge in [-0.15, -0.1) is 0 Å². The number of halogens is 2. The molecule has 1 saturated heterocycles. The monoisotopic (exact) mass is 445 g/mol. The van der Waals surface area contributed by atoms with Crippen LogP contribution in [-0.2, 0) is 4.74 Å². The normalized spacial score (nSPS) is 15.3. The van der Waals surface area contributed by atoms with Crippen molar-refractivity contribution in [1.82, 2.24) is 29.6 Å². The molecule has 0 radical (unpaired) electrons. The molecule has 12 heteroatoms. The zero-order chi connectivity index (χ0) is 22.7. The third-order valence-electron chi connectivity index (χ3n) is 4.97. The quantitative estimate of drug-likeness (QED) is 0.436. The third-order valence-corrected chi connectivity index (χ3v) is 4.97. The number of ether oxygens (including phenoxy) is 2. The summed E-state index contributed by atoms with van der Waals surface area (Å²) >= 11 is 0. The first-order valence-corrected chi connectivity index (χ1v) is 9.80. The van der Waals surface area contributed by atoms with Gasteiger partial charge in [-0.1, -0.05) is 0 Å². The van der Waals surface area contributed by atoms with Crippen LogP contribution in [0.2, 0.25) is 0 Å². The smallest absolute Gasteiger partial charge is 0.326 e. The number of alkyl halides is 2. The standard InChI is InChI=1S/C20H21F2N7O3/c1-23-15(11-28(2)19(21)22)17-16-14(3-6-24-17)18(30)27-20(26-16)32-13-9-25-29(10-13)12-4-7-31-8-5-12/h3,6,9-12,19H,1,4-5,7-8H2,2H3,(H,26,27,30)/b15-11-. The number of aromatic nitrogens is 5. The highest BCUT2D eigenvalue weighted by Gasteiger charge is 2.19. The second-order valence-corrected chi connectivity index (χ2v) is 7.10. The number of aliphatic imine (C=N–C) groups is 1. The van der Waals surface area contributed by atoms with E-state index in [4.69, 9.17) is 9.47 Å². The van der Waals surface area contributed by atoms with Crippen molar-refractivity contribution in [2.24, 2.45) is 4.99 Å². The Balaban J connectivity index is 1.67. The highest BCUT2D eigenvalue weighted by atomic mass is 19.3. The van der Waals surface area contributed by atoms with E-state index in [9.17, 15) is 13.9 Å². The first-order valence-electron chi connectivity index (χ1n) is 9.80. The van der Waals surface area contributed by atoms with Gasteiger partial charge in [-0.2, -0.15) is 23.8 Å². The van der Waals surface area contributed by atoms with Gasteiger partial charge < -0.3 is 19.5 Å². The van der Waals surface area contributed by atoms with Gasteiger partial charge in [0.15, 0.2) is 5.75 Å². The Bertz CT molecular complexity index is 1150. The zero-order valence-corrected chi connectivity index (χ0v) is 17.2. The lowest BCUT2D eigenvalue weighted by Gasteiger charge is -2.21. The molecule has 4 heterocycles. The van der Waals surface area contributed by atoms with E-state index in [0.29, 0.717) is 23.9 Å². The van der Waals surface area contributed by atoms with E-state index in [2.05, 4.69) is 31.8 Å². The molecule has 1 fully saturated rings. The summed E-state index contributed by atoms with van der Waals surface area (Å²) in [5.41, 5.74) is 0.369. The summed E-state index contributed by atoms with van der Waals surface area (Å²) in [6, 6.07) is 1.56. The fraction of sp³-hybridized carbons (Fsp3) is 0.350. The first kappa shape index (κ1) is 21.6. The molecule has 1 aliphatic rings. The van der Waals surface area contributed by atoms with Crippen molar-refractivity contribution in [3.63, 3.8) is 0 Å². The van der Waals surface area contributed by atoms with Crippen molar-refractivity contribution in [2.45, 2.75) is 25.4 Å². The number of hydrogen-bond acceptors (Lipinski definition) is 9. The van der Waals surface area contributed by atoms with Gasteiger partial charge in [-0.05, 0) is 25.6 Å². The Morgan fingerprint density at radius 1 is 1.41 bits per heavy atom. The molecule has 0 saturated carbocycles. The van der Waals surface area contributed by atoms with Crippen LogP contribution < -0.4 is 4.74 Å². The van der Waals surface area contributed by atoms with E-state index in [1.165, 1.54) is 25.5 Å². The summed E-state index contributed by atoms with van der Waals surface area (Å²) < 4.78 is 38.8. The van der Waals surface area contributed by atoms with Gasteiger partial charge in [0.2, 0.25) is 5.88 Å². The molecule has 0 spiro atoms. The maximum Gasteiger partial charge on any atom is 0.326 e. The molecule has 4 rings (SSSR count). The second kappa shape index (κ2) is 9.22. The van der Waals surface area contributed by atoms with Crippen molar-refractivity contribution in [3.8, 4) is 17.6 Å². The minimum atomic E-state index is -2.74. The van der Waals surface area contributed by atoms with Gasteiger partial charge in [-0.25, -0.2) is 0 Å². The number of nitrogens with zero attached hydrogens (tertiary/aromatic N) is 7. The molecule has 0 aliphatic carbocycles. The topological polar surface area (TPSA) is 111 Å². The number of rotatable bonds is 7. The van der Waals surface area contributed by atoms with Crippen LogP contribution in [0.3, 0.4) is 0 Å². The third kappa shape index (κ3) is 4.49. The molecule has 0 bridgehead atoms. The van der Waals surface area contributed by atoms with Crippen molar-refractivity contribution in [3.05, 3.63) is 36.6 Å². The summed E-state index contributed by atoms with van der Waals surface area (Å²) in [6.45, 7) is 2.03. The predicted octanol–water partition coefficient (Wildman–Crippen LogP) is 3.22. The van der Waals surface area contributed by atoms with E-state index in [0.717, 1.165) is 19.0 Å². The molecule has 1 N–H and O–H groups in total. The highest BCUT2D eigenvalue weighted by Crippen LogP contribution is 2.31. The fourth-order valence-electron chi connectivity index (χ4n) is 3.31. The van der Waals surface area contributed by atoms with Gasteiger partial charge in [0, 0.05) is 32.7 Å². The van der Waals surface area contributed by atoms with Crippen molar-refractivity contribution in [2.75, 3.05) is 20.3 Å². The summed E-state index contributed by atoms with van der Waals surface area (Å²) in [6.07, 6.45) is 7.43.